The molecule has 0 aliphatic heterocycles. The lowest BCUT2D eigenvalue weighted by Gasteiger charge is -2.04. The van der Waals surface area contributed by atoms with Crippen LogP contribution in [-0.4, -0.2) is 31.3 Å². The van der Waals surface area contributed by atoms with Crippen molar-refractivity contribution in [2.75, 3.05) is 17.3 Å². The molecular weight excluding hydrogens is 376 g/mol. The van der Waals surface area contributed by atoms with E-state index in [9.17, 15) is 13.2 Å². The summed E-state index contributed by atoms with van der Waals surface area (Å²) in [6.45, 7) is 2.01. The van der Waals surface area contributed by atoms with E-state index < -0.39 is 9.84 Å². The number of aryl methyl sites for hydroxylation is 1. The minimum absolute atomic E-state index is 0.143. The minimum atomic E-state index is -3.26. The molecule has 3 rings (SSSR count). The van der Waals surface area contributed by atoms with Crippen LogP contribution >= 0.6 is 23.1 Å². The molecule has 5 nitrogen and oxygen atoms in total. The third-order valence-corrected chi connectivity index (χ3v) is 6.71. The van der Waals surface area contributed by atoms with Crippen molar-refractivity contribution in [1.82, 2.24) is 4.98 Å². The fourth-order valence-corrected chi connectivity index (χ4v) is 4.68. The van der Waals surface area contributed by atoms with E-state index >= 15 is 0 Å². The molecule has 2 aromatic carbocycles. The Morgan fingerprint density at radius 3 is 2.72 bits per heavy atom. The van der Waals surface area contributed by atoms with Crippen molar-refractivity contribution in [3.8, 4) is 0 Å². The lowest BCUT2D eigenvalue weighted by molar-refractivity contribution is -0.113. The van der Waals surface area contributed by atoms with Crippen LogP contribution in [0.3, 0.4) is 0 Å². The standard InChI is InChI=1S/C17H16N2O3S3/c1-11-5-3-4-6-14(11)23-10-16(20)19-17-18-13-8-7-12(25(2,21)22)9-15(13)24-17/h3-9H,10H2,1-2H3,(H,18,19,20). The van der Waals surface area contributed by atoms with E-state index in [1.807, 2.05) is 31.2 Å². The molecule has 0 aliphatic carbocycles. The third-order valence-electron chi connectivity index (χ3n) is 3.49. The number of benzene rings is 2. The molecule has 0 bridgehead atoms. The molecule has 0 radical (unpaired) electrons. The molecule has 0 saturated carbocycles. The van der Waals surface area contributed by atoms with Crippen LogP contribution < -0.4 is 5.32 Å². The Hall–Kier alpha value is -1.90. The van der Waals surface area contributed by atoms with Crippen LogP contribution in [0.25, 0.3) is 10.2 Å². The number of aromatic nitrogens is 1. The summed E-state index contributed by atoms with van der Waals surface area (Å²) in [7, 11) is -3.26. The maximum absolute atomic E-state index is 12.1. The number of fused-ring (bicyclic) bond motifs is 1. The number of hydrogen-bond acceptors (Lipinski definition) is 6. The second-order valence-corrected chi connectivity index (χ2v) is 9.59. The Kier molecular flexibility index (Phi) is 5.12. The number of carbonyl (C=O) groups is 1. The Bertz CT molecular complexity index is 1040. The average Bonchev–Trinajstić information content (AvgIpc) is 2.94. The summed E-state index contributed by atoms with van der Waals surface area (Å²) < 4.78 is 24.0. The molecule has 0 atom stereocenters. The summed E-state index contributed by atoms with van der Waals surface area (Å²) in [5.74, 6) is 0.144. The smallest absolute Gasteiger partial charge is 0.236 e. The largest absolute Gasteiger partial charge is 0.301 e. The van der Waals surface area contributed by atoms with E-state index in [1.165, 1.54) is 35.4 Å². The van der Waals surface area contributed by atoms with Gasteiger partial charge in [-0.3, -0.25) is 4.79 Å². The van der Waals surface area contributed by atoms with Gasteiger partial charge in [0.15, 0.2) is 15.0 Å². The van der Waals surface area contributed by atoms with Crippen LogP contribution in [0.5, 0.6) is 0 Å². The van der Waals surface area contributed by atoms with Crippen molar-refractivity contribution in [3.63, 3.8) is 0 Å². The quantitative estimate of drug-likeness (QED) is 0.670. The van der Waals surface area contributed by atoms with Crippen LogP contribution in [0.1, 0.15) is 5.56 Å². The molecule has 3 aromatic rings. The van der Waals surface area contributed by atoms with Crippen molar-refractivity contribution in [1.29, 1.82) is 0 Å². The van der Waals surface area contributed by atoms with Gasteiger partial charge in [-0.1, -0.05) is 29.5 Å². The Labute approximate surface area is 154 Å². The molecule has 0 spiro atoms. The summed E-state index contributed by atoms with van der Waals surface area (Å²) in [4.78, 5) is 17.8. The molecular formula is C17H16N2O3S3. The van der Waals surface area contributed by atoms with Crippen molar-refractivity contribution < 1.29 is 13.2 Å². The average molecular weight is 393 g/mol. The van der Waals surface area contributed by atoms with Gasteiger partial charge in [-0.15, -0.1) is 11.8 Å². The summed E-state index contributed by atoms with van der Waals surface area (Å²) in [5, 5.41) is 3.25. The number of hydrogen-bond donors (Lipinski definition) is 1. The number of thioether (sulfide) groups is 1. The first-order chi connectivity index (χ1) is 11.8. The zero-order valence-corrected chi connectivity index (χ0v) is 16.1. The molecule has 0 fully saturated rings. The van der Waals surface area contributed by atoms with E-state index in [4.69, 9.17) is 0 Å². The summed E-state index contributed by atoms with van der Waals surface area (Å²) in [5.41, 5.74) is 1.80. The number of carbonyl (C=O) groups excluding carboxylic acids is 1. The van der Waals surface area contributed by atoms with E-state index in [0.29, 0.717) is 10.6 Å². The molecule has 1 heterocycles. The van der Waals surface area contributed by atoms with E-state index in [0.717, 1.165) is 15.2 Å². The number of nitrogens with zero attached hydrogens (tertiary/aromatic N) is 1. The monoisotopic (exact) mass is 392 g/mol. The molecule has 8 heteroatoms. The Balaban J connectivity index is 1.70. The molecule has 0 aliphatic rings. The molecule has 1 amide bonds. The van der Waals surface area contributed by atoms with Gasteiger partial charge in [-0.25, -0.2) is 13.4 Å². The second kappa shape index (κ2) is 7.15. The SMILES string of the molecule is Cc1ccccc1SCC(=O)Nc1nc2ccc(S(C)(=O)=O)cc2s1. The van der Waals surface area contributed by atoms with Crippen molar-refractivity contribution in [3.05, 3.63) is 48.0 Å². The molecule has 25 heavy (non-hydrogen) atoms. The van der Waals surface area contributed by atoms with Crippen LogP contribution in [0.15, 0.2) is 52.3 Å². The van der Waals surface area contributed by atoms with Crippen molar-refractivity contribution >= 4 is 54.2 Å². The van der Waals surface area contributed by atoms with E-state index in [2.05, 4.69) is 10.3 Å². The number of thiazole rings is 1. The van der Waals surface area contributed by atoms with Crippen LogP contribution in [0.2, 0.25) is 0 Å². The summed E-state index contributed by atoms with van der Waals surface area (Å²) in [6.07, 6.45) is 1.17. The topological polar surface area (TPSA) is 76.1 Å². The molecule has 1 aromatic heterocycles. The van der Waals surface area contributed by atoms with Crippen molar-refractivity contribution in [2.24, 2.45) is 0 Å². The lowest BCUT2D eigenvalue weighted by Crippen LogP contribution is -2.13. The molecule has 130 valence electrons. The zero-order chi connectivity index (χ0) is 18.0. The van der Waals surface area contributed by atoms with Gasteiger partial charge >= 0.3 is 0 Å². The molecule has 0 saturated heterocycles. The highest BCUT2D eigenvalue weighted by atomic mass is 32.2. The zero-order valence-electron chi connectivity index (χ0n) is 13.6. The van der Waals surface area contributed by atoms with Gasteiger partial charge in [0.05, 0.1) is 20.9 Å². The van der Waals surface area contributed by atoms with Gasteiger partial charge < -0.3 is 5.32 Å². The van der Waals surface area contributed by atoms with Gasteiger partial charge in [0.25, 0.3) is 0 Å². The van der Waals surface area contributed by atoms with Gasteiger partial charge in [0.2, 0.25) is 5.91 Å². The number of rotatable bonds is 5. The first-order valence-electron chi connectivity index (χ1n) is 7.42. The number of sulfone groups is 1. The Morgan fingerprint density at radius 1 is 1.24 bits per heavy atom. The predicted molar refractivity (Wildman–Crippen MR) is 103 cm³/mol. The number of nitrogens with one attached hydrogen (secondary N) is 1. The fraction of sp³-hybridized carbons (Fsp3) is 0.176. The predicted octanol–water partition coefficient (Wildman–Crippen LogP) is 3.74. The maximum Gasteiger partial charge on any atom is 0.236 e. The van der Waals surface area contributed by atoms with Crippen molar-refractivity contribution in [2.45, 2.75) is 16.7 Å². The number of amides is 1. The molecule has 1 N–H and O–H groups in total. The fourth-order valence-electron chi connectivity index (χ4n) is 2.21. The number of anilines is 1. The van der Waals surface area contributed by atoms with E-state index in [1.54, 1.807) is 12.1 Å². The highest BCUT2D eigenvalue weighted by molar-refractivity contribution is 8.00. The minimum Gasteiger partial charge on any atom is -0.301 e. The summed E-state index contributed by atoms with van der Waals surface area (Å²) in [6, 6.07) is 12.7. The highest BCUT2D eigenvalue weighted by Crippen LogP contribution is 2.28. The van der Waals surface area contributed by atoms with Gasteiger partial charge in [0, 0.05) is 11.2 Å². The van der Waals surface area contributed by atoms with Gasteiger partial charge in [0.1, 0.15) is 0 Å². The van der Waals surface area contributed by atoms with Gasteiger partial charge in [-0.05, 0) is 36.8 Å². The normalized spacial score (nSPS) is 11.6. The van der Waals surface area contributed by atoms with Gasteiger partial charge in [-0.2, -0.15) is 0 Å². The van der Waals surface area contributed by atoms with Crippen LogP contribution in [0.4, 0.5) is 5.13 Å². The lowest BCUT2D eigenvalue weighted by atomic mass is 10.2. The molecule has 0 unspecified atom stereocenters. The summed E-state index contributed by atoms with van der Waals surface area (Å²) >= 11 is 2.74. The third kappa shape index (κ3) is 4.39. The second-order valence-electron chi connectivity index (χ2n) is 5.52. The van der Waals surface area contributed by atoms with Crippen LogP contribution in [-0.2, 0) is 14.6 Å². The first kappa shape index (κ1) is 17.9. The van der Waals surface area contributed by atoms with Crippen LogP contribution in [0, 0.1) is 6.92 Å². The first-order valence-corrected chi connectivity index (χ1v) is 11.1. The van der Waals surface area contributed by atoms with E-state index in [-0.39, 0.29) is 16.6 Å². The highest BCUT2D eigenvalue weighted by Gasteiger charge is 2.12. The maximum atomic E-state index is 12.1. The Morgan fingerprint density at radius 2 is 2.00 bits per heavy atom.